The summed E-state index contributed by atoms with van der Waals surface area (Å²) in [5.74, 6) is 1.36. The lowest BCUT2D eigenvalue weighted by atomic mass is 9.80. The van der Waals surface area contributed by atoms with E-state index in [-0.39, 0.29) is 12.6 Å². The highest BCUT2D eigenvalue weighted by Gasteiger charge is 2.35. The quantitative estimate of drug-likeness (QED) is 0.394. The van der Waals surface area contributed by atoms with Gasteiger partial charge in [0.25, 0.3) is 0 Å². The van der Waals surface area contributed by atoms with Crippen molar-refractivity contribution in [3.8, 4) is 5.75 Å². The summed E-state index contributed by atoms with van der Waals surface area (Å²) in [4.78, 5) is 12.1. The first-order valence-corrected chi connectivity index (χ1v) is 9.76. The van der Waals surface area contributed by atoms with Crippen LogP contribution in [0.3, 0.4) is 0 Å². The van der Waals surface area contributed by atoms with Crippen LogP contribution in [0.15, 0.2) is 42.5 Å². The van der Waals surface area contributed by atoms with E-state index in [1.807, 2.05) is 36.4 Å². The standard InChI is InChI=1S/C22H29N3O2/c1-24-21(23)25-22(15-26,14-17-7-3-2-4-8-17)16-27-20-12-11-18-9-5-6-10-19(18)13-20/h5-6,9-13,15,17H,2-4,7-8,14,16H2,1H3,(H3,23,24,25). The first-order chi connectivity index (χ1) is 13.1. The van der Waals surface area contributed by atoms with Crippen LogP contribution in [-0.2, 0) is 4.79 Å². The molecule has 0 amide bonds. The Morgan fingerprint density at radius 1 is 1.19 bits per heavy atom. The van der Waals surface area contributed by atoms with Crippen molar-refractivity contribution >= 4 is 23.0 Å². The Hall–Kier alpha value is -2.56. The third-order valence-corrected chi connectivity index (χ3v) is 5.44. The number of ether oxygens (including phenoxy) is 1. The van der Waals surface area contributed by atoms with E-state index in [1.165, 1.54) is 19.3 Å². The Morgan fingerprint density at radius 2 is 1.93 bits per heavy atom. The summed E-state index contributed by atoms with van der Waals surface area (Å²) in [6, 6.07) is 14.1. The van der Waals surface area contributed by atoms with Gasteiger partial charge >= 0.3 is 0 Å². The van der Waals surface area contributed by atoms with Gasteiger partial charge in [0, 0.05) is 7.05 Å². The molecule has 0 aromatic heterocycles. The molecule has 5 heteroatoms. The summed E-state index contributed by atoms with van der Waals surface area (Å²) in [7, 11) is 1.68. The third-order valence-electron chi connectivity index (χ3n) is 5.44. The highest BCUT2D eigenvalue weighted by atomic mass is 16.5. The molecular formula is C22H29N3O2. The van der Waals surface area contributed by atoms with Gasteiger partial charge in [-0.05, 0) is 35.2 Å². The van der Waals surface area contributed by atoms with E-state index in [1.54, 1.807) is 7.05 Å². The summed E-state index contributed by atoms with van der Waals surface area (Å²) in [5, 5.41) is 16.1. The van der Waals surface area contributed by atoms with E-state index in [9.17, 15) is 4.79 Å². The molecule has 3 rings (SSSR count). The second-order valence-corrected chi connectivity index (χ2v) is 7.53. The number of benzene rings is 2. The van der Waals surface area contributed by atoms with E-state index in [0.29, 0.717) is 12.3 Å². The highest BCUT2D eigenvalue weighted by molar-refractivity contribution is 5.84. The number of carbonyl (C=O) groups excluding carboxylic acids is 1. The Morgan fingerprint density at radius 3 is 2.63 bits per heavy atom. The van der Waals surface area contributed by atoms with Crippen LogP contribution < -0.4 is 15.4 Å². The van der Waals surface area contributed by atoms with Crippen molar-refractivity contribution in [2.45, 2.75) is 44.1 Å². The van der Waals surface area contributed by atoms with Crippen molar-refractivity contribution in [1.29, 1.82) is 5.41 Å². The van der Waals surface area contributed by atoms with Gasteiger partial charge in [-0.3, -0.25) is 5.41 Å². The Kier molecular flexibility index (Phi) is 6.32. The lowest BCUT2D eigenvalue weighted by Crippen LogP contribution is -2.57. The van der Waals surface area contributed by atoms with Gasteiger partial charge in [-0.25, -0.2) is 0 Å². The molecule has 1 saturated carbocycles. The molecule has 0 aliphatic heterocycles. The number of guanidine groups is 1. The van der Waals surface area contributed by atoms with Crippen LogP contribution in [0.1, 0.15) is 38.5 Å². The largest absolute Gasteiger partial charge is 0.491 e. The number of aldehydes is 1. The van der Waals surface area contributed by atoms with Crippen LogP contribution in [0.2, 0.25) is 0 Å². The monoisotopic (exact) mass is 367 g/mol. The Labute approximate surface area is 161 Å². The number of nitrogens with one attached hydrogen (secondary N) is 3. The van der Waals surface area contributed by atoms with Gasteiger partial charge in [0.2, 0.25) is 0 Å². The number of hydrogen-bond donors (Lipinski definition) is 3. The molecule has 0 spiro atoms. The fourth-order valence-electron chi connectivity index (χ4n) is 3.94. The van der Waals surface area contributed by atoms with Gasteiger partial charge in [-0.2, -0.15) is 0 Å². The van der Waals surface area contributed by atoms with E-state index < -0.39 is 5.54 Å². The van der Waals surface area contributed by atoms with E-state index in [0.717, 1.165) is 35.6 Å². The number of rotatable bonds is 7. The maximum Gasteiger partial charge on any atom is 0.189 e. The molecule has 144 valence electrons. The zero-order chi connectivity index (χ0) is 19.1. The molecule has 0 heterocycles. The molecule has 2 aromatic carbocycles. The molecule has 2 aromatic rings. The first kappa shape index (κ1) is 19.2. The number of fused-ring (bicyclic) bond motifs is 1. The summed E-state index contributed by atoms with van der Waals surface area (Å²) >= 11 is 0. The van der Waals surface area contributed by atoms with Crippen molar-refractivity contribution in [3.05, 3.63) is 42.5 Å². The smallest absolute Gasteiger partial charge is 0.189 e. The zero-order valence-electron chi connectivity index (χ0n) is 16.0. The second-order valence-electron chi connectivity index (χ2n) is 7.53. The average molecular weight is 367 g/mol. The number of carbonyl (C=O) groups is 1. The van der Waals surface area contributed by atoms with Gasteiger partial charge in [0.1, 0.15) is 24.2 Å². The lowest BCUT2D eigenvalue weighted by Gasteiger charge is -2.35. The molecular weight excluding hydrogens is 338 g/mol. The van der Waals surface area contributed by atoms with Crippen molar-refractivity contribution in [3.63, 3.8) is 0 Å². The highest BCUT2D eigenvalue weighted by Crippen LogP contribution is 2.31. The van der Waals surface area contributed by atoms with Crippen LogP contribution in [0.4, 0.5) is 0 Å². The maximum atomic E-state index is 12.1. The molecule has 0 saturated heterocycles. The number of hydrogen-bond acceptors (Lipinski definition) is 3. The van der Waals surface area contributed by atoms with Crippen LogP contribution in [0.5, 0.6) is 5.75 Å². The molecule has 3 N–H and O–H groups in total. The fraction of sp³-hybridized carbons (Fsp3) is 0.455. The van der Waals surface area contributed by atoms with Gasteiger partial charge in [-0.1, -0.05) is 62.4 Å². The van der Waals surface area contributed by atoms with Crippen LogP contribution in [0, 0.1) is 11.3 Å². The lowest BCUT2D eigenvalue weighted by molar-refractivity contribution is -0.114. The minimum Gasteiger partial charge on any atom is -0.491 e. The Balaban J connectivity index is 1.75. The van der Waals surface area contributed by atoms with Gasteiger partial charge in [0.05, 0.1) is 0 Å². The molecule has 1 fully saturated rings. The van der Waals surface area contributed by atoms with Crippen LogP contribution >= 0.6 is 0 Å². The minimum absolute atomic E-state index is 0.139. The van der Waals surface area contributed by atoms with Gasteiger partial charge < -0.3 is 20.2 Å². The van der Waals surface area contributed by atoms with Crippen molar-refractivity contribution < 1.29 is 9.53 Å². The van der Waals surface area contributed by atoms with Crippen molar-refractivity contribution in [1.82, 2.24) is 10.6 Å². The normalized spacial score (nSPS) is 17.1. The third kappa shape index (κ3) is 5.00. The van der Waals surface area contributed by atoms with E-state index in [4.69, 9.17) is 10.1 Å². The SMILES string of the molecule is CNC(=N)NC(C=O)(COc1ccc2ccccc2c1)CC1CCCCC1. The molecule has 27 heavy (non-hydrogen) atoms. The van der Waals surface area contributed by atoms with E-state index in [2.05, 4.69) is 16.7 Å². The molecule has 1 atom stereocenters. The van der Waals surface area contributed by atoms with Crippen LogP contribution in [0.25, 0.3) is 10.8 Å². The predicted molar refractivity (Wildman–Crippen MR) is 109 cm³/mol. The average Bonchev–Trinajstić information content (AvgIpc) is 2.72. The summed E-state index contributed by atoms with van der Waals surface area (Å²) in [6.07, 6.45) is 7.60. The van der Waals surface area contributed by atoms with E-state index >= 15 is 0 Å². The molecule has 0 bridgehead atoms. The van der Waals surface area contributed by atoms with Crippen molar-refractivity contribution in [2.24, 2.45) is 5.92 Å². The Bertz CT molecular complexity index is 786. The topological polar surface area (TPSA) is 74.2 Å². The summed E-state index contributed by atoms with van der Waals surface area (Å²) in [6.45, 7) is 0.204. The molecule has 1 unspecified atom stereocenters. The van der Waals surface area contributed by atoms with Gasteiger partial charge in [0.15, 0.2) is 5.96 Å². The van der Waals surface area contributed by atoms with Crippen molar-refractivity contribution in [2.75, 3.05) is 13.7 Å². The van der Waals surface area contributed by atoms with Gasteiger partial charge in [-0.15, -0.1) is 0 Å². The summed E-state index contributed by atoms with van der Waals surface area (Å²) in [5.41, 5.74) is -0.895. The fourth-order valence-corrected chi connectivity index (χ4v) is 3.94. The second kappa shape index (κ2) is 8.89. The minimum atomic E-state index is -0.895. The maximum absolute atomic E-state index is 12.1. The first-order valence-electron chi connectivity index (χ1n) is 9.76. The zero-order valence-corrected chi connectivity index (χ0v) is 16.0. The molecule has 5 nitrogen and oxygen atoms in total. The molecule has 1 aliphatic rings. The molecule has 0 radical (unpaired) electrons. The summed E-state index contributed by atoms with van der Waals surface area (Å²) < 4.78 is 6.04. The predicted octanol–water partition coefficient (Wildman–Crippen LogP) is 3.87. The van der Waals surface area contributed by atoms with Crippen LogP contribution in [-0.4, -0.2) is 31.4 Å². The molecule has 1 aliphatic carbocycles.